The van der Waals surface area contributed by atoms with Crippen LogP contribution >= 0.6 is 11.6 Å². The van der Waals surface area contributed by atoms with E-state index in [1.807, 2.05) is 43.3 Å². The van der Waals surface area contributed by atoms with Crippen LogP contribution in [0.5, 0.6) is 5.75 Å². The molecule has 1 aromatic carbocycles. The van der Waals surface area contributed by atoms with E-state index in [-0.39, 0.29) is 41.0 Å². The van der Waals surface area contributed by atoms with Crippen LogP contribution in [0.1, 0.15) is 35.3 Å². The van der Waals surface area contributed by atoms with Crippen LogP contribution < -0.4 is 21.5 Å². The van der Waals surface area contributed by atoms with Crippen LogP contribution in [-0.2, 0) is 11.2 Å². The number of aromatic nitrogens is 2. The summed E-state index contributed by atoms with van der Waals surface area (Å²) in [6.07, 6.45) is 3.79. The number of nitrogens with zero attached hydrogens (tertiary/aromatic N) is 5. The lowest BCUT2D eigenvalue weighted by molar-refractivity contribution is -0.132. The molecular formula is C26H39ClN8O3. The Morgan fingerprint density at radius 3 is 2.58 bits per heavy atom. The van der Waals surface area contributed by atoms with Crippen molar-refractivity contribution >= 4 is 35.1 Å². The van der Waals surface area contributed by atoms with E-state index >= 15 is 0 Å². The molecule has 12 heteroatoms. The van der Waals surface area contributed by atoms with E-state index in [2.05, 4.69) is 20.2 Å². The van der Waals surface area contributed by atoms with Crippen molar-refractivity contribution in [2.45, 2.75) is 31.7 Å². The maximum atomic E-state index is 12.7. The van der Waals surface area contributed by atoms with Crippen LogP contribution in [0, 0.1) is 0 Å². The van der Waals surface area contributed by atoms with Crippen molar-refractivity contribution in [1.82, 2.24) is 30.0 Å². The number of carbonyl (C=O) groups excluding carboxylic acids is 2. The quantitative estimate of drug-likeness (QED) is 0.361. The molecule has 1 fully saturated rings. The molecule has 0 aliphatic carbocycles. The van der Waals surface area contributed by atoms with E-state index in [0.717, 1.165) is 51.9 Å². The Bertz CT molecular complexity index is 1080. The van der Waals surface area contributed by atoms with Crippen molar-refractivity contribution in [2.75, 3.05) is 71.9 Å². The average Bonchev–Trinajstić information content (AvgIpc) is 2.88. The van der Waals surface area contributed by atoms with Crippen molar-refractivity contribution in [1.29, 1.82) is 0 Å². The first-order valence-electron chi connectivity index (χ1n) is 12.8. The second-order valence-corrected chi connectivity index (χ2v) is 10.3. The number of rotatable bonds is 12. The van der Waals surface area contributed by atoms with Crippen LogP contribution in [0.25, 0.3) is 0 Å². The number of hydrogen-bond donors (Lipinski definition) is 3. The van der Waals surface area contributed by atoms with Gasteiger partial charge < -0.3 is 36.2 Å². The molecule has 1 saturated heterocycles. The Morgan fingerprint density at radius 2 is 1.87 bits per heavy atom. The first-order valence-corrected chi connectivity index (χ1v) is 13.2. The van der Waals surface area contributed by atoms with E-state index in [1.54, 1.807) is 11.9 Å². The van der Waals surface area contributed by atoms with Gasteiger partial charge in [0.1, 0.15) is 5.75 Å². The van der Waals surface area contributed by atoms with Gasteiger partial charge in [0.25, 0.3) is 11.8 Å². The van der Waals surface area contributed by atoms with Crippen molar-refractivity contribution < 1.29 is 14.3 Å². The lowest BCUT2D eigenvalue weighted by Crippen LogP contribution is -2.48. The minimum atomic E-state index is -0.395. The van der Waals surface area contributed by atoms with E-state index in [1.165, 1.54) is 5.56 Å². The van der Waals surface area contributed by atoms with Crippen LogP contribution in [0.2, 0.25) is 5.15 Å². The highest BCUT2D eigenvalue weighted by molar-refractivity contribution is 6.31. The highest BCUT2D eigenvalue weighted by Gasteiger charge is 2.24. The molecule has 1 atom stereocenters. The fourth-order valence-electron chi connectivity index (χ4n) is 4.23. The van der Waals surface area contributed by atoms with Crippen LogP contribution in [-0.4, -0.2) is 103 Å². The molecular weight excluding hydrogens is 508 g/mol. The third-order valence-electron chi connectivity index (χ3n) is 6.49. The smallest absolute Gasteiger partial charge is 0.274 e. The zero-order chi connectivity index (χ0) is 27.7. The number of nitrogens with two attached hydrogens (primary N) is 2. The number of piperidine rings is 1. The number of carbonyl (C=O) groups is 2. The summed E-state index contributed by atoms with van der Waals surface area (Å²) < 4.78 is 5.67. The van der Waals surface area contributed by atoms with Gasteiger partial charge in [-0.25, -0.2) is 9.97 Å². The van der Waals surface area contributed by atoms with Crippen molar-refractivity contribution in [3.05, 3.63) is 40.7 Å². The van der Waals surface area contributed by atoms with Gasteiger partial charge in [0, 0.05) is 32.7 Å². The summed E-state index contributed by atoms with van der Waals surface area (Å²) in [5, 5.41) is 2.96. The molecule has 1 aliphatic rings. The highest BCUT2D eigenvalue weighted by Crippen LogP contribution is 2.19. The summed E-state index contributed by atoms with van der Waals surface area (Å²) in [6, 6.07) is 7.89. The number of nitrogen functional groups attached to an aromatic ring is 2. The lowest BCUT2D eigenvalue weighted by atomic mass is 10.0. The first-order chi connectivity index (χ1) is 18.1. The zero-order valence-corrected chi connectivity index (χ0v) is 23.2. The van der Waals surface area contributed by atoms with E-state index in [4.69, 9.17) is 27.8 Å². The Kier molecular flexibility index (Phi) is 10.9. The zero-order valence-electron chi connectivity index (χ0n) is 22.5. The molecule has 1 aromatic heterocycles. The molecule has 2 heterocycles. The summed E-state index contributed by atoms with van der Waals surface area (Å²) in [5.41, 5.74) is 12.6. The van der Waals surface area contributed by atoms with Gasteiger partial charge in [0.05, 0.1) is 0 Å². The molecule has 0 bridgehead atoms. The summed E-state index contributed by atoms with van der Waals surface area (Å²) in [6.45, 7) is 4.18. The highest BCUT2D eigenvalue weighted by atomic mass is 35.5. The third-order valence-corrected chi connectivity index (χ3v) is 6.77. The van der Waals surface area contributed by atoms with E-state index in [0.29, 0.717) is 12.3 Å². The Morgan fingerprint density at radius 1 is 1.13 bits per heavy atom. The first kappa shape index (κ1) is 29.4. The predicted molar refractivity (Wildman–Crippen MR) is 149 cm³/mol. The van der Waals surface area contributed by atoms with Gasteiger partial charge in [-0.2, -0.15) is 0 Å². The molecule has 0 saturated carbocycles. The Hall–Kier alpha value is -3.15. The number of amides is 2. The summed E-state index contributed by atoms with van der Waals surface area (Å²) >= 11 is 5.90. The van der Waals surface area contributed by atoms with Crippen molar-refractivity contribution in [3.8, 4) is 5.75 Å². The summed E-state index contributed by atoms with van der Waals surface area (Å²) in [4.78, 5) is 38.8. The van der Waals surface area contributed by atoms with Crippen LogP contribution in [0.3, 0.4) is 0 Å². The lowest BCUT2D eigenvalue weighted by Gasteiger charge is -2.33. The number of likely N-dealkylation sites (N-methyl/N-ethyl adjacent to an activating group) is 2. The summed E-state index contributed by atoms with van der Waals surface area (Å²) in [7, 11) is 5.75. The molecule has 38 heavy (non-hydrogen) atoms. The largest absolute Gasteiger partial charge is 0.484 e. The number of halogens is 1. The standard InChI is InChI=1S/C26H39ClN8O3/c1-33(2)14-15-34(3)21(36)17-38-20-10-8-18(9-11-20)6-4-12-35-13-5-7-19(16-35)30-26(37)22-24(28)32-25(29)23(27)31-22/h8-11,19H,4-7,12-17H2,1-3H3,(H,30,37)(H4,28,29,32). The number of benzene rings is 1. The topological polar surface area (TPSA) is 143 Å². The van der Waals surface area contributed by atoms with E-state index < -0.39 is 5.91 Å². The Balaban J connectivity index is 1.39. The van der Waals surface area contributed by atoms with Crippen molar-refractivity contribution in [2.24, 2.45) is 0 Å². The normalized spacial score (nSPS) is 15.9. The number of nitrogens with one attached hydrogen (secondary N) is 1. The maximum absolute atomic E-state index is 12.7. The molecule has 2 amide bonds. The third kappa shape index (κ3) is 9.00. The van der Waals surface area contributed by atoms with Crippen LogP contribution in [0.15, 0.2) is 24.3 Å². The maximum Gasteiger partial charge on any atom is 0.274 e. The Labute approximate surface area is 229 Å². The molecule has 11 nitrogen and oxygen atoms in total. The SMILES string of the molecule is CN(C)CCN(C)C(=O)COc1ccc(CCCN2CCCC(NC(=O)c3nc(Cl)c(N)nc3N)C2)cc1. The molecule has 0 radical (unpaired) electrons. The van der Waals surface area contributed by atoms with E-state index in [9.17, 15) is 9.59 Å². The number of hydrogen-bond acceptors (Lipinski definition) is 9. The van der Waals surface area contributed by atoms with Gasteiger partial charge in [0.15, 0.2) is 29.1 Å². The molecule has 1 unspecified atom stereocenters. The predicted octanol–water partition coefficient (Wildman–Crippen LogP) is 1.52. The number of likely N-dealkylation sites (tertiary alicyclic amines) is 1. The van der Waals surface area contributed by atoms with Gasteiger partial charge in [-0.05, 0) is 70.6 Å². The minimum absolute atomic E-state index is 0.000757. The fraction of sp³-hybridized carbons (Fsp3) is 0.538. The number of ether oxygens (including phenoxy) is 1. The van der Waals surface area contributed by atoms with Gasteiger partial charge in [-0.3, -0.25) is 9.59 Å². The van der Waals surface area contributed by atoms with Crippen molar-refractivity contribution in [3.63, 3.8) is 0 Å². The van der Waals surface area contributed by atoms with Gasteiger partial charge in [-0.15, -0.1) is 0 Å². The van der Waals surface area contributed by atoms with Crippen LogP contribution in [0.4, 0.5) is 11.6 Å². The van der Waals surface area contributed by atoms with Gasteiger partial charge in [-0.1, -0.05) is 23.7 Å². The monoisotopic (exact) mass is 546 g/mol. The fourth-order valence-corrected chi connectivity index (χ4v) is 4.35. The second-order valence-electron chi connectivity index (χ2n) is 9.90. The minimum Gasteiger partial charge on any atom is -0.484 e. The van der Waals surface area contributed by atoms with Gasteiger partial charge in [0.2, 0.25) is 0 Å². The average molecular weight is 547 g/mol. The number of aryl methyl sites for hydroxylation is 1. The summed E-state index contributed by atoms with van der Waals surface area (Å²) in [5.74, 6) is 0.215. The molecule has 1 aliphatic heterocycles. The molecule has 5 N–H and O–H groups in total. The van der Waals surface area contributed by atoms with Gasteiger partial charge >= 0.3 is 0 Å². The molecule has 208 valence electrons. The molecule has 3 rings (SSSR count). The number of anilines is 2. The second kappa shape index (κ2) is 14.1. The molecule has 0 spiro atoms. The molecule has 2 aromatic rings.